The van der Waals surface area contributed by atoms with Crippen LogP contribution in [0.1, 0.15) is 29.9 Å². The number of sulfonamides is 1. The highest BCUT2D eigenvalue weighted by Gasteiger charge is 2.30. The molecule has 4 rings (SSSR count). The van der Waals surface area contributed by atoms with E-state index < -0.39 is 10.0 Å². The number of hydrogen-bond donors (Lipinski definition) is 2. The highest BCUT2D eigenvalue weighted by atomic mass is 32.2. The van der Waals surface area contributed by atoms with E-state index in [1.54, 1.807) is 67.2 Å². The first-order valence-electron chi connectivity index (χ1n) is 10.1. The van der Waals surface area contributed by atoms with Crippen LogP contribution < -0.4 is 10.0 Å². The molecule has 7 nitrogen and oxygen atoms in total. The molecular formula is C23H23N3O4S2. The number of nitrogens with one attached hydrogen (secondary N) is 2. The summed E-state index contributed by atoms with van der Waals surface area (Å²) in [6, 6.07) is 13.7. The van der Waals surface area contributed by atoms with Gasteiger partial charge in [-0.05, 0) is 68.0 Å². The van der Waals surface area contributed by atoms with Gasteiger partial charge in [0.25, 0.3) is 10.0 Å². The zero-order valence-electron chi connectivity index (χ0n) is 17.7. The lowest BCUT2D eigenvalue weighted by Gasteiger charge is -2.09. The number of rotatable bonds is 8. The predicted molar refractivity (Wildman–Crippen MR) is 127 cm³/mol. The molecule has 0 aliphatic heterocycles. The molecule has 2 N–H and O–H groups in total. The van der Waals surface area contributed by atoms with E-state index in [1.165, 1.54) is 0 Å². The van der Waals surface area contributed by atoms with Gasteiger partial charge in [-0.3, -0.25) is 9.52 Å². The maximum Gasteiger partial charge on any atom is 0.261 e. The van der Waals surface area contributed by atoms with Gasteiger partial charge in [0.05, 0.1) is 4.90 Å². The Kier molecular flexibility index (Phi) is 6.38. The van der Waals surface area contributed by atoms with Crippen molar-refractivity contribution in [2.75, 3.05) is 16.3 Å². The average Bonchev–Trinajstić information content (AvgIpc) is 3.58. The Balaban J connectivity index is 1.47. The van der Waals surface area contributed by atoms with E-state index in [9.17, 15) is 13.2 Å². The molecule has 1 aliphatic rings. The Bertz CT molecular complexity index is 1260. The van der Waals surface area contributed by atoms with Crippen LogP contribution in [0.2, 0.25) is 0 Å². The summed E-state index contributed by atoms with van der Waals surface area (Å²) in [5, 5.41) is 6.81. The number of hydrogen-bond acceptors (Lipinski definition) is 6. The molecule has 3 aromatic rings. The second-order valence-corrected chi connectivity index (χ2v) is 10.1. The van der Waals surface area contributed by atoms with E-state index in [2.05, 4.69) is 15.2 Å². The van der Waals surface area contributed by atoms with E-state index in [0.717, 1.165) is 23.3 Å². The van der Waals surface area contributed by atoms with Gasteiger partial charge in [-0.25, -0.2) is 8.42 Å². The second kappa shape index (κ2) is 9.22. The standard InChI is InChI=1S/C23H23N3O4S2/c1-15-22(24-23(27)17-9-10-17)21(30-25-15)13-8-16-6-11-20(12-7-16)32(28,29)26-18-4-3-5-19(14-18)31-2/h3-8,11-14,17,26H,9-10H2,1-2H3,(H,24,27). The topological polar surface area (TPSA) is 101 Å². The first kappa shape index (κ1) is 22.2. The van der Waals surface area contributed by atoms with Gasteiger partial charge in [0.1, 0.15) is 11.4 Å². The Labute approximate surface area is 191 Å². The number of aryl methyl sites for hydroxylation is 1. The zero-order chi connectivity index (χ0) is 22.7. The fourth-order valence-electron chi connectivity index (χ4n) is 3.05. The van der Waals surface area contributed by atoms with E-state index in [0.29, 0.717) is 22.8 Å². The molecule has 0 saturated heterocycles. The van der Waals surface area contributed by atoms with Crippen LogP contribution in [0.5, 0.6) is 0 Å². The maximum atomic E-state index is 12.7. The van der Waals surface area contributed by atoms with E-state index in [1.807, 2.05) is 18.4 Å². The molecule has 1 aromatic heterocycles. The number of carbonyl (C=O) groups is 1. The van der Waals surface area contributed by atoms with Gasteiger partial charge in [0.15, 0.2) is 5.76 Å². The molecule has 1 fully saturated rings. The molecule has 0 atom stereocenters. The van der Waals surface area contributed by atoms with Crippen LogP contribution in [-0.2, 0) is 14.8 Å². The Morgan fingerprint density at radius 3 is 2.59 bits per heavy atom. The van der Waals surface area contributed by atoms with Crippen molar-refractivity contribution < 1.29 is 17.7 Å². The minimum atomic E-state index is -3.70. The van der Waals surface area contributed by atoms with Gasteiger partial charge >= 0.3 is 0 Å². The third-order valence-corrected chi connectivity index (χ3v) is 7.15. The Hall–Kier alpha value is -3.04. The van der Waals surface area contributed by atoms with Crippen LogP contribution in [0.25, 0.3) is 12.2 Å². The molecule has 0 radical (unpaired) electrons. The lowest BCUT2D eigenvalue weighted by atomic mass is 10.2. The summed E-state index contributed by atoms with van der Waals surface area (Å²) in [6.45, 7) is 1.77. The first-order valence-corrected chi connectivity index (χ1v) is 12.8. The molecule has 0 unspecified atom stereocenters. The minimum absolute atomic E-state index is 0.0175. The number of thioether (sulfide) groups is 1. The summed E-state index contributed by atoms with van der Waals surface area (Å²) < 4.78 is 33.3. The number of benzene rings is 2. The molecule has 9 heteroatoms. The molecule has 1 saturated carbocycles. The Morgan fingerprint density at radius 2 is 1.91 bits per heavy atom. The van der Waals surface area contributed by atoms with Gasteiger partial charge in [0, 0.05) is 16.5 Å². The number of anilines is 2. The van der Waals surface area contributed by atoms with Gasteiger partial charge in [-0.2, -0.15) is 0 Å². The predicted octanol–water partition coefficient (Wildman–Crippen LogP) is 5.02. The van der Waals surface area contributed by atoms with Crippen molar-refractivity contribution in [3.05, 3.63) is 65.5 Å². The van der Waals surface area contributed by atoms with Crippen molar-refractivity contribution in [3.63, 3.8) is 0 Å². The summed E-state index contributed by atoms with van der Waals surface area (Å²) in [5.41, 5.74) is 2.47. The minimum Gasteiger partial charge on any atom is -0.354 e. The van der Waals surface area contributed by atoms with Crippen molar-refractivity contribution in [2.24, 2.45) is 5.92 Å². The average molecular weight is 470 g/mol. The number of carbonyl (C=O) groups excluding carboxylic acids is 1. The summed E-state index contributed by atoms with van der Waals surface area (Å²) in [6.07, 6.45) is 7.24. The fraction of sp³-hybridized carbons (Fsp3) is 0.217. The zero-order valence-corrected chi connectivity index (χ0v) is 19.3. The fourth-order valence-corrected chi connectivity index (χ4v) is 4.56. The van der Waals surface area contributed by atoms with Crippen molar-refractivity contribution in [2.45, 2.75) is 29.6 Å². The van der Waals surface area contributed by atoms with Crippen molar-refractivity contribution in [1.29, 1.82) is 0 Å². The third-order valence-electron chi connectivity index (χ3n) is 5.02. The van der Waals surface area contributed by atoms with Crippen LogP contribution in [0.4, 0.5) is 11.4 Å². The molecule has 2 aromatic carbocycles. The van der Waals surface area contributed by atoms with Gasteiger partial charge in [-0.1, -0.05) is 29.4 Å². The molecule has 1 amide bonds. The lowest BCUT2D eigenvalue weighted by molar-refractivity contribution is -0.117. The van der Waals surface area contributed by atoms with Crippen molar-refractivity contribution >= 4 is 51.2 Å². The van der Waals surface area contributed by atoms with Crippen molar-refractivity contribution in [1.82, 2.24) is 5.16 Å². The first-order chi connectivity index (χ1) is 15.4. The van der Waals surface area contributed by atoms with E-state index >= 15 is 0 Å². The monoisotopic (exact) mass is 469 g/mol. The van der Waals surface area contributed by atoms with E-state index in [4.69, 9.17) is 4.52 Å². The molecule has 32 heavy (non-hydrogen) atoms. The van der Waals surface area contributed by atoms with Crippen LogP contribution >= 0.6 is 11.8 Å². The van der Waals surface area contributed by atoms with Gasteiger partial charge in [-0.15, -0.1) is 11.8 Å². The van der Waals surface area contributed by atoms with Crippen LogP contribution in [0, 0.1) is 12.8 Å². The quantitative estimate of drug-likeness (QED) is 0.449. The van der Waals surface area contributed by atoms with Gasteiger partial charge in [0.2, 0.25) is 5.91 Å². The SMILES string of the molecule is CSc1cccc(NS(=O)(=O)c2ccc(C=Cc3onc(C)c3NC(=O)C3CC3)cc2)c1. The molecular weight excluding hydrogens is 446 g/mol. The highest BCUT2D eigenvalue weighted by molar-refractivity contribution is 7.98. The largest absolute Gasteiger partial charge is 0.354 e. The van der Waals surface area contributed by atoms with Crippen LogP contribution in [0.3, 0.4) is 0 Å². The van der Waals surface area contributed by atoms with Crippen LogP contribution in [-0.4, -0.2) is 25.7 Å². The smallest absolute Gasteiger partial charge is 0.261 e. The maximum absolute atomic E-state index is 12.7. The molecule has 166 valence electrons. The summed E-state index contributed by atoms with van der Waals surface area (Å²) in [7, 11) is -3.70. The van der Waals surface area contributed by atoms with Crippen molar-refractivity contribution in [3.8, 4) is 0 Å². The molecule has 1 aliphatic carbocycles. The van der Waals surface area contributed by atoms with Gasteiger partial charge < -0.3 is 9.84 Å². The van der Waals surface area contributed by atoms with Crippen LogP contribution in [0.15, 0.2) is 62.8 Å². The molecule has 0 bridgehead atoms. The summed E-state index contributed by atoms with van der Waals surface area (Å²) >= 11 is 1.54. The molecule has 1 heterocycles. The normalized spacial score (nSPS) is 13.9. The Morgan fingerprint density at radius 1 is 1.16 bits per heavy atom. The number of nitrogens with zero attached hydrogens (tertiary/aromatic N) is 1. The number of aromatic nitrogens is 1. The highest BCUT2D eigenvalue weighted by Crippen LogP contribution is 2.32. The van der Waals surface area contributed by atoms with E-state index in [-0.39, 0.29) is 16.7 Å². The summed E-state index contributed by atoms with van der Waals surface area (Å²) in [5.74, 6) is 0.507. The summed E-state index contributed by atoms with van der Waals surface area (Å²) in [4.78, 5) is 13.2. The third kappa shape index (κ3) is 5.23. The number of amides is 1. The lowest BCUT2D eigenvalue weighted by Crippen LogP contribution is -2.14. The molecule has 0 spiro atoms. The second-order valence-electron chi connectivity index (χ2n) is 7.51.